The maximum atomic E-state index is 12.5. The van der Waals surface area contributed by atoms with Crippen LogP contribution < -0.4 is 4.74 Å². The number of ether oxygens (including phenoxy) is 1. The monoisotopic (exact) mass is 316 g/mol. The topological polar surface area (TPSA) is 43.4 Å². The van der Waals surface area contributed by atoms with Crippen molar-refractivity contribution in [1.82, 2.24) is 0 Å². The summed E-state index contributed by atoms with van der Waals surface area (Å²) >= 11 is 0. The number of carbonyl (C=O) groups is 2. The van der Waals surface area contributed by atoms with Crippen LogP contribution in [0.2, 0.25) is 0 Å². The Balaban J connectivity index is 1.88. The number of Topliss-reactive ketones (excluding diaryl/α,β-unsaturated/α-hetero) is 2. The van der Waals surface area contributed by atoms with Gasteiger partial charge in [-0.1, -0.05) is 48.5 Å². The van der Waals surface area contributed by atoms with Crippen molar-refractivity contribution in [1.29, 1.82) is 0 Å². The van der Waals surface area contributed by atoms with E-state index in [0.29, 0.717) is 16.9 Å². The van der Waals surface area contributed by atoms with Gasteiger partial charge in [0, 0.05) is 11.1 Å². The van der Waals surface area contributed by atoms with Gasteiger partial charge in [-0.2, -0.15) is 0 Å². The number of ketones is 2. The fourth-order valence-electron chi connectivity index (χ4n) is 2.48. The first-order chi connectivity index (χ1) is 11.7. The van der Waals surface area contributed by atoms with Crippen LogP contribution in [0.15, 0.2) is 78.9 Å². The molecule has 0 aliphatic heterocycles. The van der Waals surface area contributed by atoms with E-state index in [1.54, 1.807) is 49.6 Å². The lowest BCUT2D eigenvalue weighted by molar-refractivity contribution is 0.0817. The Hall–Kier alpha value is -3.20. The molecule has 0 radical (unpaired) electrons. The van der Waals surface area contributed by atoms with Crippen LogP contribution in [-0.4, -0.2) is 18.7 Å². The predicted octanol–water partition coefficient (Wildman–Crippen LogP) is 4.43. The second-order valence-corrected chi connectivity index (χ2v) is 5.33. The Morgan fingerprint density at radius 2 is 1.29 bits per heavy atom. The number of hydrogen-bond donors (Lipinski definition) is 0. The highest BCUT2D eigenvalue weighted by Gasteiger charge is 2.18. The van der Waals surface area contributed by atoms with E-state index in [1.807, 2.05) is 36.4 Å². The minimum Gasteiger partial charge on any atom is -0.497 e. The first kappa shape index (κ1) is 15.7. The lowest BCUT2D eigenvalue weighted by Crippen LogP contribution is -2.14. The van der Waals surface area contributed by atoms with Crippen molar-refractivity contribution in [3.63, 3.8) is 0 Å². The van der Waals surface area contributed by atoms with Crippen molar-refractivity contribution in [3.8, 4) is 16.9 Å². The summed E-state index contributed by atoms with van der Waals surface area (Å²) in [4.78, 5) is 24.9. The molecule has 0 N–H and O–H groups in total. The van der Waals surface area contributed by atoms with E-state index in [-0.39, 0.29) is 0 Å². The van der Waals surface area contributed by atoms with E-state index in [9.17, 15) is 9.59 Å². The number of rotatable bonds is 5. The molecule has 3 aromatic rings. The Morgan fingerprint density at radius 3 is 1.96 bits per heavy atom. The van der Waals surface area contributed by atoms with Crippen LogP contribution in [0.4, 0.5) is 0 Å². The Bertz CT molecular complexity index is 865. The standard InChI is InChI=1S/C21H16O3/c1-24-19-12-10-16(11-13-19)20(22)21(23)18-9-5-8-17(14-18)15-6-3-2-4-7-15/h2-14H,1H3. The Labute approximate surface area is 140 Å². The molecule has 0 bridgehead atoms. The second kappa shape index (κ2) is 6.92. The summed E-state index contributed by atoms with van der Waals surface area (Å²) < 4.78 is 5.06. The van der Waals surface area contributed by atoms with Crippen LogP contribution in [0.1, 0.15) is 20.7 Å². The average molecular weight is 316 g/mol. The molecule has 0 spiro atoms. The van der Waals surface area contributed by atoms with Gasteiger partial charge in [-0.3, -0.25) is 9.59 Å². The molecule has 3 nitrogen and oxygen atoms in total. The van der Waals surface area contributed by atoms with E-state index < -0.39 is 11.6 Å². The summed E-state index contributed by atoms with van der Waals surface area (Å²) in [5.74, 6) is -0.397. The van der Waals surface area contributed by atoms with Gasteiger partial charge in [-0.15, -0.1) is 0 Å². The first-order valence-corrected chi connectivity index (χ1v) is 7.57. The Morgan fingerprint density at radius 1 is 0.667 bits per heavy atom. The molecular weight excluding hydrogens is 300 g/mol. The van der Waals surface area contributed by atoms with Gasteiger partial charge in [0.05, 0.1) is 7.11 Å². The Kier molecular flexibility index (Phi) is 4.52. The number of hydrogen-bond acceptors (Lipinski definition) is 3. The fourth-order valence-corrected chi connectivity index (χ4v) is 2.48. The van der Waals surface area contributed by atoms with Crippen LogP contribution in [0, 0.1) is 0 Å². The van der Waals surface area contributed by atoms with Crippen molar-refractivity contribution in [2.45, 2.75) is 0 Å². The zero-order valence-corrected chi connectivity index (χ0v) is 13.2. The molecule has 0 aliphatic carbocycles. The van der Waals surface area contributed by atoms with Gasteiger partial charge >= 0.3 is 0 Å². The molecule has 3 rings (SSSR count). The summed E-state index contributed by atoms with van der Waals surface area (Å²) in [6, 6.07) is 23.4. The van der Waals surface area contributed by atoms with Gasteiger partial charge in [0.25, 0.3) is 0 Å². The van der Waals surface area contributed by atoms with Crippen LogP contribution in [0.5, 0.6) is 5.75 Å². The molecule has 3 aromatic carbocycles. The van der Waals surface area contributed by atoms with Gasteiger partial charge in [-0.25, -0.2) is 0 Å². The molecule has 0 aliphatic rings. The molecule has 0 fully saturated rings. The first-order valence-electron chi connectivity index (χ1n) is 7.57. The van der Waals surface area contributed by atoms with Crippen LogP contribution >= 0.6 is 0 Å². The molecule has 0 saturated heterocycles. The molecule has 0 unspecified atom stereocenters. The second-order valence-electron chi connectivity index (χ2n) is 5.33. The summed E-state index contributed by atoms with van der Waals surface area (Å²) in [7, 11) is 1.55. The zero-order valence-electron chi connectivity index (χ0n) is 13.2. The maximum Gasteiger partial charge on any atom is 0.233 e. The average Bonchev–Trinajstić information content (AvgIpc) is 2.67. The minimum absolute atomic E-state index is 0.353. The van der Waals surface area contributed by atoms with E-state index in [2.05, 4.69) is 0 Å². The third kappa shape index (κ3) is 3.25. The third-order valence-electron chi connectivity index (χ3n) is 3.79. The summed E-state index contributed by atoms with van der Waals surface area (Å²) in [5, 5.41) is 0. The van der Waals surface area contributed by atoms with Gasteiger partial charge in [0.1, 0.15) is 5.75 Å². The summed E-state index contributed by atoms with van der Waals surface area (Å²) in [6.07, 6.45) is 0. The summed E-state index contributed by atoms with van der Waals surface area (Å²) in [5.41, 5.74) is 2.65. The van der Waals surface area contributed by atoms with Crippen LogP contribution in [-0.2, 0) is 0 Å². The molecule has 0 heterocycles. The van der Waals surface area contributed by atoms with E-state index >= 15 is 0 Å². The third-order valence-corrected chi connectivity index (χ3v) is 3.79. The molecule has 3 heteroatoms. The SMILES string of the molecule is COc1ccc(C(=O)C(=O)c2cccc(-c3ccccc3)c2)cc1. The van der Waals surface area contributed by atoms with Crippen molar-refractivity contribution in [2.24, 2.45) is 0 Å². The van der Waals surface area contributed by atoms with Crippen molar-refractivity contribution in [3.05, 3.63) is 90.0 Å². The minimum atomic E-state index is -0.525. The predicted molar refractivity (Wildman–Crippen MR) is 93.5 cm³/mol. The molecule has 0 saturated carbocycles. The smallest absolute Gasteiger partial charge is 0.233 e. The zero-order chi connectivity index (χ0) is 16.9. The quantitative estimate of drug-likeness (QED) is 0.516. The van der Waals surface area contributed by atoms with E-state index in [0.717, 1.165) is 11.1 Å². The van der Waals surface area contributed by atoms with E-state index in [1.165, 1.54) is 0 Å². The van der Waals surface area contributed by atoms with Gasteiger partial charge in [0.2, 0.25) is 11.6 Å². The molecular formula is C21H16O3. The van der Waals surface area contributed by atoms with Gasteiger partial charge in [0.15, 0.2) is 0 Å². The number of methoxy groups -OCH3 is 1. The largest absolute Gasteiger partial charge is 0.497 e. The molecule has 0 atom stereocenters. The number of benzene rings is 3. The fraction of sp³-hybridized carbons (Fsp3) is 0.0476. The lowest BCUT2D eigenvalue weighted by Gasteiger charge is -2.05. The van der Waals surface area contributed by atoms with E-state index in [4.69, 9.17) is 4.74 Å². The van der Waals surface area contributed by atoms with Crippen molar-refractivity contribution < 1.29 is 14.3 Å². The molecule has 0 amide bonds. The number of carbonyl (C=O) groups excluding carboxylic acids is 2. The lowest BCUT2D eigenvalue weighted by atomic mass is 9.97. The van der Waals surface area contributed by atoms with Crippen LogP contribution in [0.25, 0.3) is 11.1 Å². The molecule has 24 heavy (non-hydrogen) atoms. The summed E-state index contributed by atoms with van der Waals surface area (Å²) in [6.45, 7) is 0. The van der Waals surface area contributed by atoms with Crippen molar-refractivity contribution >= 4 is 11.6 Å². The van der Waals surface area contributed by atoms with Crippen LogP contribution in [0.3, 0.4) is 0 Å². The maximum absolute atomic E-state index is 12.5. The normalized spacial score (nSPS) is 10.2. The molecule has 118 valence electrons. The highest BCUT2D eigenvalue weighted by molar-refractivity contribution is 6.49. The highest BCUT2D eigenvalue weighted by atomic mass is 16.5. The van der Waals surface area contributed by atoms with Gasteiger partial charge < -0.3 is 4.74 Å². The van der Waals surface area contributed by atoms with Gasteiger partial charge in [-0.05, 0) is 41.5 Å². The molecule has 0 aromatic heterocycles. The highest BCUT2D eigenvalue weighted by Crippen LogP contribution is 2.21. The van der Waals surface area contributed by atoms with Crippen molar-refractivity contribution in [2.75, 3.05) is 7.11 Å².